The van der Waals surface area contributed by atoms with Gasteiger partial charge in [-0.25, -0.2) is 4.68 Å². The van der Waals surface area contributed by atoms with Crippen molar-refractivity contribution in [2.24, 2.45) is 0 Å². The van der Waals surface area contributed by atoms with Crippen LogP contribution in [-0.2, 0) is 16.1 Å². The van der Waals surface area contributed by atoms with Crippen LogP contribution < -0.4 is 5.32 Å². The van der Waals surface area contributed by atoms with Crippen LogP contribution in [0.1, 0.15) is 49.2 Å². The van der Waals surface area contributed by atoms with Crippen molar-refractivity contribution in [2.45, 2.75) is 45.7 Å². The lowest BCUT2D eigenvalue weighted by molar-refractivity contribution is -0.143. The molecule has 1 aromatic carbocycles. The number of nitrogens with one attached hydrogen (secondary N) is 1. The van der Waals surface area contributed by atoms with Gasteiger partial charge in [0.1, 0.15) is 0 Å². The zero-order valence-corrected chi connectivity index (χ0v) is 15.7. The largest absolute Gasteiger partial charge is 0.466 e. The number of carbonyl (C=O) groups is 2. The van der Waals surface area contributed by atoms with Crippen LogP contribution in [0.25, 0.3) is 0 Å². The highest BCUT2D eigenvalue weighted by Gasteiger charge is 2.19. The van der Waals surface area contributed by atoms with E-state index in [0.717, 1.165) is 12.0 Å². The maximum absolute atomic E-state index is 12.4. The van der Waals surface area contributed by atoms with E-state index in [1.165, 1.54) is 0 Å². The first kappa shape index (κ1) is 19.9. The molecule has 2 aromatic rings. The van der Waals surface area contributed by atoms with E-state index in [1.807, 2.05) is 19.1 Å². The first-order valence-electron chi connectivity index (χ1n) is 8.62. The molecule has 0 saturated carbocycles. The summed E-state index contributed by atoms with van der Waals surface area (Å²) in [4.78, 5) is 24.0. The van der Waals surface area contributed by atoms with E-state index >= 15 is 0 Å². The maximum Gasteiger partial charge on any atom is 0.307 e. The topological polar surface area (TPSA) is 86.1 Å². The highest BCUT2D eigenvalue weighted by Crippen LogP contribution is 2.11. The summed E-state index contributed by atoms with van der Waals surface area (Å²) < 4.78 is 6.53. The Kier molecular flexibility index (Phi) is 7.59. The van der Waals surface area contributed by atoms with Crippen LogP contribution in [0.2, 0.25) is 5.02 Å². The number of nitrogens with zero attached hydrogens (tertiary/aromatic N) is 3. The van der Waals surface area contributed by atoms with Gasteiger partial charge in [-0.1, -0.05) is 42.3 Å². The van der Waals surface area contributed by atoms with E-state index in [-0.39, 0.29) is 30.0 Å². The summed E-state index contributed by atoms with van der Waals surface area (Å²) in [5.41, 5.74) is 1.21. The van der Waals surface area contributed by atoms with Gasteiger partial charge >= 0.3 is 5.97 Å². The summed E-state index contributed by atoms with van der Waals surface area (Å²) in [6, 6.07) is 7.09. The van der Waals surface area contributed by atoms with Gasteiger partial charge in [0.15, 0.2) is 5.69 Å². The minimum absolute atomic E-state index is 0.145. The summed E-state index contributed by atoms with van der Waals surface area (Å²) in [5.74, 6) is -0.673. The summed E-state index contributed by atoms with van der Waals surface area (Å²) in [6.45, 7) is 4.56. The predicted octanol–water partition coefficient (Wildman–Crippen LogP) is 2.83. The predicted molar refractivity (Wildman–Crippen MR) is 98.0 cm³/mol. The Bertz CT molecular complexity index is 730. The number of halogens is 1. The standard InChI is InChI=1S/C18H23ClN4O3/c1-3-5-15(10-17(24)26-4-2)20-18(25)16-12-23(22-21-16)11-13-6-8-14(19)9-7-13/h6-9,12,15H,3-5,10-11H2,1-2H3,(H,20,25). The maximum atomic E-state index is 12.4. The molecule has 1 atom stereocenters. The Labute approximate surface area is 157 Å². The van der Waals surface area contributed by atoms with Gasteiger partial charge in [-0.2, -0.15) is 0 Å². The second kappa shape index (κ2) is 9.91. The van der Waals surface area contributed by atoms with Crippen molar-refractivity contribution >= 4 is 23.5 Å². The highest BCUT2D eigenvalue weighted by atomic mass is 35.5. The minimum atomic E-state index is -0.352. The van der Waals surface area contributed by atoms with Crippen LogP contribution in [0, 0.1) is 0 Å². The number of hydrogen-bond donors (Lipinski definition) is 1. The molecule has 1 heterocycles. The van der Waals surface area contributed by atoms with E-state index in [1.54, 1.807) is 29.9 Å². The summed E-state index contributed by atoms with van der Waals surface area (Å²) in [6.07, 6.45) is 3.25. The molecule has 8 heteroatoms. The molecular formula is C18H23ClN4O3. The second-order valence-electron chi connectivity index (χ2n) is 5.90. The number of aromatic nitrogens is 3. The molecule has 1 unspecified atom stereocenters. The van der Waals surface area contributed by atoms with E-state index in [0.29, 0.717) is 24.6 Å². The highest BCUT2D eigenvalue weighted by molar-refractivity contribution is 6.30. The van der Waals surface area contributed by atoms with Crippen molar-refractivity contribution in [3.63, 3.8) is 0 Å². The number of hydrogen-bond acceptors (Lipinski definition) is 5. The smallest absolute Gasteiger partial charge is 0.307 e. The third-order valence-electron chi connectivity index (χ3n) is 3.72. The average Bonchev–Trinajstić information content (AvgIpc) is 3.06. The number of rotatable bonds is 9. The van der Waals surface area contributed by atoms with Crippen molar-refractivity contribution in [1.82, 2.24) is 20.3 Å². The van der Waals surface area contributed by atoms with Gasteiger partial charge in [0.2, 0.25) is 0 Å². The molecule has 140 valence electrons. The molecule has 1 amide bonds. The molecule has 0 aliphatic rings. The normalized spacial score (nSPS) is 11.8. The van der Waals surface area contributed by atoms with Gasteiger partial charge < -0.3 is 10.1 Å². The summed E-state index contributed by atoms with van der Waals surface area (Å²) >= 11 is 5.87. The van der Waals surface area contributed by atoms with Crippen LogP contribution in [0.3, 0.4) is 0 Å². The SMILES string of the molecule is CCCC(CC(=O)OCC)NC(=O)c1cn(Cc2ccc(Cl)cc2)nn1. The van der Waals surface area contributed by atoms with Gasteiger partial charge in [-0.15, -0.1) is 5.10 Å². The molecule has 0 aliphatic carbocycles. The first-order valence-corrected chi connectivity index (χ1v) is 9.00. The monoisotopic (exact) mass is 378 g/mol. The number of ether oxygens (including phenoxy) is 1. The molecule has 0 saturated heterocycles. The van der Waals surface area contributed by atoms with Crippen molar-refractivity contribution in [3.05, 3.63) is 46.7 Å². The number of amides is 1. The van der Waals surface area contributed by atoms with E-state index < -0.39 is 0 Å². The summed E-state index contributed by atoms with van der Waals surface area (Å²) in [7, 11) is 0. The van der Waals surface area contributed by atoms with Crippen LogP contribution in [-0.4, -0.2) is 39.5 Å². The number of carbonyl (C=O) groups excluding carboxylic acids is 2. The van der Waals surface area contributed by atoms with E-state index in [9.17, 15) is 9.59 Å². The lowest BCUT2D eigenvalue weighted by Crippen LogP contribution is -2.37. The Balaban J connectivity index is 1.96. The van der Waals surface area contributed by atoms with Crippen LogP contribution in [0.15, 0.2) is 30.5 Å². The minimum Gasteiger partial charge on any atom is -0.466 e. The van der Waals surface area contributed by atoms with Crippen molar-refractivity contribution < 1.29 is 14.3 Å². The molecule has 0 spiro atoms. The van der Waals surface area contributed by atoms with Gasteiger partial charge in [-0.3, -0.25) is 9.59 Å². The van der Waals surface area contributed by atoms with Gasteiger partial charge in [-0.05, 0) is 31.0 Å². The zero-order chi connectivity index (χ0) is 18.9. The van der Waals surface area contributed by atoms with Gasteiger partial charge in [0, 0.05) is 11.1 Å². The molecule has 1 N–H and O–H groups in total. The fourth-order valence-electron chi connectivity index (χ4n) is 2.51. The van der Waals surface area contributed by atoms with Crippen LogP contribution in [0.4, 0.5) is 0 Å². The Morgan fingerprint density at radius 3 is 2.65 bits per heavy atom. The van der Waals surface area contributed by atoms with Crippen molar-refractivity contribution in [1.29, 1.82) is 0 Å². The number of esters is 1. The molecule has 0 bridgehead atoms. The number of benzene rings is 1. The van der Waals surface area contributed by atoms with Crippen LogP contribution in [0.5, 0.6) is 0 Å². The van der Waals surface area contributed by atoms with Crippen molar-refractivity contribution in [3.8, 4) is 0 Å². The van der Waals surface area contributed by atoms with E-state index in [2.05, 4.69) is 15.6 Å². The second-order valence-corrected chi connectivity index (χ2v) is 6.33. The molecule has 26 heavy (non-hydrogen) atoms. The molecule has 0 fully saturated rings. The quantitative estimate of drug-likeness (QED) is 0.678. The Morgan fingerprint density at radius 1 is 1.27 bits per heavy atom. The molecular weight excluding hydrogens is 356 g/mol. The first-order chi connectivity index (χ1) is 12.5. The van der Waals surface area contributed by atoms with Crippen molar-refractivity contribution in [2.75, 3.05) is 6.61 Å². The lowest BCUT2D eigenvalue weighted by Gasteiger charge is -2.16. The summed E-state index contributed by atoms with van der Waals surface area (Å²) in [5, 5.41) is 11.4. The molecule has 0 radical (unpaired) electrons. The Hall–Kier alpha value is -2.41. The molecule has 1 aromatic heterocycles. The third kappa shape index (κ3) is 6.15. The fraction of sp³-hybridized carbons (Fsp3) is 0.444. The fourth-order valence-corrected chi connectivity index (χ4v) is 2.64. The average molecular weight is 379 g/mol. The van der Waals surface area contributed by atoms with Gasteiger partial charge in [0.25, 0.3) is 5.91 Å². The third-order valence-corrected chi connectivity index (χ3v) is 3.97. The van der Waals surface area contributed by atoms with Crippen LogP contribution >= 0.6 is 11.6 Å². The molecule has 2 rings (SSSR count). The molecule has 7 nitrogen and oxygen atoms in total. The molecule has 0 aliphatic heterocycles. The zero-order valence-electron chi connectivity index (χ0n) is 14.9. The van der Waals surface area contributed by atoms with Gasteiger partial charge in [0.05, 0.1) is 25.8 Å². The lowest BCUT2D eigenvalue weighted by atomic mass is 10.1. The Morgan fingerprint density at radius 2 is 2.00 bits per heavy atom. The van der Waals surface area contributed by atoms with E-state index in [4.69, 9.17) is 16.3 Å².